The van der Waals surface area contributed by atoms with Gasteiger partial charge in [0.15, 0.2) is 5.82 Å². The van der Waals surface area contributed by atoms with Crippen LogP contribution in [0.5, 0.6) is 0 Å². The molecule has 1 aromatic heterocycles. The predicted octanol–water partition coefficient (Wildman–Crippen LogP) is -0.215. The van der Waals surface area contributed by atoms with Crippen LogP contribution < -0.4 is 0 Å². The van der Waals surface area contributed by atoms with E-state index in [1.54, 1.807) is 0 Å². The number of aromatic nitrogens is 3. The van der Waals surface area contributed by atoms with E-state index in [-0.39, 0.29) is 11.9 Å². The maximum atomic E-state index is 11.2. The molecule has 0 aromatic carbocycles. The van der Waals surface area contributed by atoms with Crippen molar-refractivity contribution in [3.63, 3.8) is 0 Å². The number of nitrogens with zero attached hydrogens (tertiary/aromatic N) is 3. The third-order valence-electron chi connectivity index (χ3n) is 3.10. The first-order valence-corrected chi connectivity index (χ1v) is 8.47. The number of sulfone groups is 1. The number of ether oxygens (including phenoxy) is 1. The lowest BCUT2D eigenvalue weighted by molar-refractivity contribution is -0.0321. The molecule has 1 N–H and O–H groups in total. The molecule has 1 aliphatic heterocycles. The summed E-state index contributed by atoms with van der Waals surface area (Å²) in [4.78, 5) is 6.44. The molecule has 0 unspecified atom stereocenters. The number of H-pyrrole nitrogens is 1. The van der Waals surface area contributed by atoms with Gasteiger partial charge in [0.05, 0.1) is 12.4 Å². The maximum Gasteiger partial charge on any atom is 0.180 e. The molecule has 2 rings (SSSR count). The van der Waals surface area contributed by atoms with Crippen molar-refractivity contribution in [3.05, 3.63) is 11.6 Å². The van der Waals surface area contributed by atoms with Gasteiger partial charge in [0.1, 0.15) is 21.8 Å². The molecule has 7 nitrogen and oxygen atoms in total. The summed E-state index contributed by atoms with van der Waals surface area (Å²) in [5.41, 5.74) is 0. The minimum absolute atomic E-state index is 0.175. The van der Waals surface area contributed by atoms with Crippen LogP contribution in [-0.4, -0.2) is 66.7 Å². The van der Waals surface area contributed by atoms with Crippen LogP contribution >= 0.6 is 0 Å². The highest BCUT2D eigenvalue weighted by molar-refractivity contribution is 7.90. The first-order valence-electron chi connectivity index (χ1n) is 6.41. The van der Waals surface area contributed by atoms with Crippen molar-refractivity contribution < 1.29 is 13.2 Å². The Bertz CT molecular complexity index is 514. The summed E-state index contributed by atoms with van der Waals surface area (Å²) in [5.74, 6) is 1.67. The number of hydrogen-bond donors (Lipinski definition) is 1. The van der Waals surface area contributed by atoms with E-state index in [0.29, 0.717) is 25.5 Å². The number of nitrogens with one attached hydrogen (secondary N) is 1. The molecule has 1 aromatic rings. The van der Waals surface area contributed by atoms with Crippen LogP contribution in [0.25, 0.3) is 0 Å². The van der Waals surface area contributed by atoms with Gasteiger partial charge in [-0.2, -0.15) is 5.10 Å². The number of morpholine rings is 1. The molecule has 1 atom stereocenters. The van der Waals surface area contributed by atoms with Crippen LogP contribution in [0.1, 0.15) is 24.7 Å². The highest BCUT2D eigenvalue weighted by atomic mass is 32.2. The van der Waals surface area contributed by atoms with Crippen LogP contribution in [0.2, 0.25) is 0 Å². The molecule has 0 spiro atoms. The fraction of sp³-hybridized carbons (Fsp3) is 0.818. The van der Waals surface area contributed by atoms with Crippen molar-refractivity contribution in [3.8, 4) is 0 Å². The van der Waals surface area contributed by atoms with Crippen LogP contribution in [0.15, 0.2) is 0 Å². The average molecular weight is 288 g/mol. The molecule has 0 amide bonds. The Morgan fingerprint density at radius 3 is 2.95 bits per heavy atom. The Balaban J connectivity index is 1.93. The lowest BCUT2D eigenvalue weighted by Crippen LogP contribution is -2.41. The van der Waals surface area contributed by atoms with Gasteiger partial charge < -0.3 is 4.74 Å². The molecule has 0 aliphatic carbocycles. The Hall–Kier alpha value is -0.990. The number of rotatable bonds is 5. The molecule has 1 fully saturated rings. The van der Waals surface area contributed by atoms with Crippen molar-refractivity contribution in [1.29, 1.82) is 0 Å². The van der Waals surface area contributed by atoms with E-state index in [9.17, 15) is 8.42 Å². The van der Waals surface area contributed by atoms with Gasteiger partial charge in [0.25, 0.3) is 0 Å². The zero-order valence-electron chi connectivity index (χ0n) is 11.3. The fourth-order valence-corrected chi connectivity index (χ4v) is 2.56. The molecule has 2 heterocycles. The fourth-order valence-electron chi connectivity index (χ4n) is 1.97. The second-order valence-electron chi connectivity index (χ2n) is 4.78. The summed E-state index contributed by atoms with van der Waals surface area (Å²) in [6.07, 6.45) is 1.88. The highest BCUT2D eigenvalue weighted by Crippen LogP contribution is 2.18. The van der Waals surface area contributed by atoms with Crippen LogP contribution in [0.4, 0.5) is 0 Å². The normalized spacial score (nSPS) is 21.7. The molecule has 1 aliphatic rings. The number of aromatic amines is 1. The zero-order chi connectivity index (χ0) is 13.9. The second kappa shape index (κ2) is 5.98. The Labute approximate surface area is 113 Å². The van der Waals surface area contributed by atoms with Crippen LogP contribution in [0, 0.1) is 0 Å². The molecular formula is C11H20N4O3S. The van der Waals surface area contributed by atoms with Gasteiger partial charge in [-0.25, -0.2) is 13.4 Å². The summed E-state index contributed by atoms with van der Waals surface area (Å²) in [5, 5.41) is 7.02. The third-order valence-corrected chi connectivity index (χ3v) is 4.02. The van der Waals surface area contributed by atoms with Crippen molar-refractivity contribution in [2.75, 3.05) is 38.2 Å². The smallest absolute Gasteiger partial charge is 0.180 e. The van der Waals surface area contributed by atoms with Gasteiger partial charge in [0, 0.05) is 32.3 Å². The van der Waals surface area contributed by atoms with Gasteiger partial charge >= 0.3 is 0 Å². The van der Waals surface area contributed by atoms with E-state index in [1.165, 1.54) is 6.26 Å². The Morgan fingerprint density at radius 1 is 1.53 bits per heavy atom. The quantitative estimate of drug-likeness (QED) is 0.806. The molecule has 8 heteroatoms. The van der Waals surface area contributed by atoms with E-state index in [4.69, 9.17) is 4.74 Å². The van der Waals surface area contributed by atoms with Gasteiger partial charge in [0.2, 0.25) is 0 Å². The molecule has 108 valence electrons. The Morgan fingerprint density at radius 2 is 2.32 bits per heavy atom. The molecule has 1 saturated heterocycles. The first kappa shape index (κ1) is 14.4. The summed E-state index contributed by atoms with van der Waals surface area (Å²) < 4.78 is 28.0. The molecule has 0 saturated carbocycles. The van der Waals surface area contributed by atoms with Crippen molar-refractivity contribution in [2.45, 2.75) is 19.4 Å². The van der Waals surface area contributed by atoms with Crippen molar-refractivity contribution in [1.82, 2.24) is 20.1 Å². The van der Waals surface area contributed by atoms with Gasteiger partial charge in [-0.3, -0.25) is 10.00 Å². The summed E-state index contributed by atoms with van der Waals surface area (Å²) in [6, 6.07) is 0. The standard InChI is InChI=1S/C11H20N4O3S/c1-3-10-12-11(14-13-10)9-8-15(4-6-18-9)5-7-19(2,16)17/h9H,3-8H2,1-2H3,(H,12,13,14)/t9-/m1/s1. The average Bonchev–Trinajstić information content (AvgIpc) is 2.85. The molecule has 0 radical (unpaired) electrons. The van der Waals surface area contributed by atoms with E-state index in [2.05, 4.69) is 20.1 Å². The Kier molecular flexibility index (Phi) is 4.54. The molecule has 19 heavy (non-hydrogen) atoms. The van der Waals surface area contributed by atoms with E-state index >= 15 is 0 Å². The van der Waals surface area contributed by atoms with Gasteiger partial charge in [-0.1, -0.05) is 6.92 Å². The third kappa shape index (κ3) is 4.26. The van der Waals surface area contributed by atoms with E-state index in [1.807, 2.05) is 6.92 Å². The number of aryl methyl sites for hydroxylation is 1. The van der Waals surface area contributed by atoms with Crippen LogP contribution in [0.3, 0.4) is 0 Å². The monoisotopic (exact) mass is 288 g/mol. The minimum Gasteiger partial charge on any atom is -0.367 e. The van der Waals surface area contributed by atoms with Gasteiger partial charge in [-0.15, -0.1) is 0 Å². The van der Waals surface area contributed by atoms with Crippen molar-refractivity contribution >= 4 is 9.84 Å². The van der Waals surface area contributed by atoms with Crippen LogP contribution in [-0.2, 0) is 21.0 Å². The largest absolute Gasteiger partial charge is 0.367 e. The van der Waals surface area contributed by atoms with E-state index in [0.717, 1.165) is 18.8 Å². The minimum atomic E-state index is -2.93. The topological polar surface area (TPSA) is 88.2 Å². The summed E-state index contributed by atoms with van der Waals surface area (Å²) in [6.45, 7) is 4.49. The number of hydrogen-bond acceptors (Lipinski definition) is 6. The maximum absolute atomic E-state index is 11.2. The van der Waals surface area contributed by atoms with Crippen molar-refractivity contribution in [2.24, 2.45) is 0 Å². The zero-order valence-corrected chi connectivity index (χ0v) is 12.1. The molecular weight excluding hydrogens is 268 g/mol. The second-order valence-corrected chi connectivity index (χ2v) is 7.04. The highest BCUT2D eigenvalue weighted by Gasteiger charge is 2.25. The SMILES string of the molecule is CCc1nc([C@H]2CN(CCS(C)(=O)=O)CCO2)n[nH]1. The first-order chi connectivity index (χ1) is 8.98. The predicted molar refractivity (Wildman–Crippen MR) is 70.6 cm³/mol. The van der Waals surface area contributed by atoms with E-state index < -0.39 is 9.84 Å². The lowest BCUT2D eigenvalue weighted by Gasteiger charge is -2.31. The summed E-state index contributed by atoms with van der Waals surface area (Å²) in [7, 11) is -2.93. The summed E-state index contributed by atoms with van der Waals surface area (Å²) >= 11 is 0. The van der Waals surface area contributed by atoms with Gasteiger partial charge in [-0.05, 0) is 0 Å². The molecule has 0 bridgehead atoms. The lowest BCUT2D eigenvalue weighted by atomic mass is 10.2.